The molecule has 2 aromatic heterocycles. The molecule has 1 fully saturated rings. The SMILES string of the molecule is COc1cccc(F)c1-c1nccc(C(=O)Nc2ccc3c(nc(C)n3C)c2N2CCC(N)CC2)c1F. The highest BCUT2D eigenvalue weighted by Crippen LogP contribution is 2.37. The van der Waals surface area contributed by atoms with E-state index in [1.165, 1.54) is 37.6 Å². The van der Waals surface area contributed by atoms with Crippen LogP contribution in [-0.2, 0) is 7.05 Å². The lowest BCUT2D eigenvalue weighted by Crippen LogP contribution is -2.40. The third kappa shape index (κ3) is 4.37. The van der Waals surface area contributed by atoms with Crippen molar-refractivity contribution in [3.8, 4) is 17.0 Å². The number of anilines is 2. The fraction of sp³-hybridized carbons (Fsp3) is 0.296. The highest BCUT2D eigenvalue weighted by Gasteiger charge is 2.26. The van der Waals surface area contributed by atoms with Crippen LogP contribution in [0.1, 0.15) is 29.0 Å². The number of carbonyl (C=O) groups is 1. The number of methoxy groups -OCH3 is 1. The van der Waals surface area contributed by atoms with Crippen LogP contribution in [-0.4, -0.2) is 46.7 Å². The van der Waals surface area contributed by atoms with Crippen LogP contribution in [0, 0.1) is 18.6 Å². The molecule has 0 atom stereocenters. The molecule has 5 rings (SSSR count). The van der Waals surface area contributed by atoms with Crippen molar-refractivity contribution in [3.63, 3.8) is 0 Å². The summed E-state index contributed by atoms with van der Waals surface area (Å²) in [5.41, 5.74) is 8.36. The van der Waals surface area contributed by atoms with Gasteiger partial charge in [-0.2, -0.15) is 0 Å². The van der Waals surface area contributed by atoms with Crippen molar-refractivity contribution >= 4 is 28.3 Å². The first-order valence-electron chi connectivity index (χ1n) is 12.1. The van der Waals surface area contributed by atoms with Gasteiger partial charge in [0.25, 0.3) is 5.91 Å². The van der Waals surface area contributed by atoms with E-state index in [-0.39, 0.29) is 28.6 Å². The molecule has 192 valence electrons. The van der Waals surface area contributed by atoms with Crippen molar-refractivity contribution in [3.05, 3.63) is 65.6 Å². The zero-order chi connectivity index (χ0) is 26.3. The Morgan fingerprint density at radius 3 is 2.65 bits per heavy atom. The highest BCUT2D eigenvalue weighted by atomic mass is 19.1. The minimum Gasteiger partial charge on any atom is -0.496 e. The van der Waals surface area contributed by atoms with E-state index >= 15 is 4.39 Å². The number of fused-ring (bicyclic) bond motifs is 1. The van der Waals surface area contributed by atoms with Crippen LogP contribution < -0.4 is 20.7 Å². The second-order valence-electron chi connectivity index (χ2n) is 9.16. The number of benzene rings is 2. The number of hydrogen-bond acceptors (Lipinski definition) is 6. The quantitative estimate of drug-likeness (QED) is 0.416. The van der Waals surface area contributed by atoms with Gasteiger partial charge in [0, 0.05) is 32.4 Å². The highest BCUT2D eigenvalue weighted by molar-refractivity contribution is 6.09. The summed E-state index contributed by atoms with van der Waals surface area (Å²) in [5.74, 6) is -1.38. The average molecular weight is 507 g/mol. The van der Waals surface area contributed by atoms with Gasteiger partial charge in [0.15, 0.2) is 5.82 Å². The Bertz CT molecular complexity index is 1490. The van der Waals surface area contributed by atoms with E-state index in [4.69, 9.17) is 15.5 Å². The molecule has 1 aliphatic heterocycles. The molecule has 0 radical (unpaired) electrons. The largest absolute Gasteiger partial charge is 0.496 e. The Kier molecular flexibility index (Phi) is 6.51. The van der Waals surface area contributed by atoms with Crippen molar-refractivity contribution in [2.45, 2.75) is 25.8 Å². The number of pyridine rings is 1. The number of ether oxygens (including phenoxy) is 1. The van der Waals surface area contributed by atoms with Gasteiger partial charge >= 0.3 is 0 Å². The molecule has 0 unspecified atom stereocenters. The molecule has 0 bridgehead atoms. The molecular formula is C27H28F2N6O2. The number of halogens is 2. The fourth-order valence-electron chi connectivity index (χ4n) is 4.79. The molecule has 0 saturated carbocycles. The van der Waals surface area contributed by atoms with E-state index in [1.54, 1.807) is 6.07 Å². The summed E-state index contributed by atoms with van der Waals surface area (Å²) in [5, 5.41) is 2.87. The molecule has 2 aromatic carbocycles. The second-order valence-corrected chi connectivity index (χ2v) is 9.16. The molecule has 10 heteroatoms. The molecule has 4 aromatic rings. The predicted molar refractivity (Wildman–Crippen MR) is 139 cm³/mol. The third-order valence-corrected chi connectivity index (χ3v) is 6.92. The van der Waals surface area contributed by atoms with Crippen LogP contribution in [0.2, 0.25) is 0 Å². The van der Waals surface area contributed by atoms with Crippen LogP contribution >= 0.6 is 0 Å². The second kappa shape index (κ2) is 9.78. The summed E-state index contributed by atoms with van der Waals surface area (Å²) in [6.07, 6.45) is 2.89. The Balaban J connectivity index is 1.56. The summed E-state index contributed by atoms with van der Waals surface area (Å²) >= 11 is 0. The maximum Gasteiger partial charge on any atom is 0.258 e. The lowest BCUT2D eigenvalue weighted by Gasteiger charge is -2.33. The zero-order valence-electron chi connectivity index (χ0n) is 20.9. The number of hydrogen-bond donors (Lipinski definition) is 2. The zero-order valence-corrected chi connectivity index (χ0v) is 20.9. The van der Waals surface area contributed by atoms with Gasteiger partial charge in [-0.1, -0.05) is 6.07 Å². The van der Waals surface area contributed by atoms with Crippen LogP contribution in [0.4, 0.5) is 20.2 Å². The molecular weight excluding hydrogens is 478 g/mol. The fourth-order valence-corrected chi connectivity index (χ4v) is 4.79. The summed E-state index contributed by atoms with van der Waals surface area (Å²) in [6, 6.07) is 9.22. The Morgan fingerprint density at radius 2 is 1.92 bits per heavy atom. The van der Waals surface area contributed by atoms with Gasteiger partial charge in [0.1, 0.15) is 28.6 Å². The minimum absolute atomic E-state index is 0.116. The molecule has 0 spiro atoms. The molecule has 1 aliphatic rings. The van der Waals surface area contributed by atoms with Crippen LogP contribution in [0.25, 0.3) is 22.3 Å². The summed E-state index contributed by atoms with van der Waals surface area (Å²) < 4.78 is 37.5. The number of nitrogens with zero attached hydrogens (tertiary/aromatic N) is 4. The van der Waals surface area contributed by atoms with Crippen molar-refractivity contribution in [1.29, 1.82) is 0 Å². The normalized spacial score (nSPS) is 14.3. The van der Waals surface area contributed by atoms with Gasteiger partial charge in [0.05, 0.1) is 35.1 Å². The number of nitrogens with two attached hydrogens (primary N) is 1. The lowest BCUT2D eigenvalue weighted by atomic mass is 10.0. The number of carbonyl (C=O) groups excluding carboxylic acids is 1. The van der Waals surface area contributed by atoms with Gasteiger partial charge in [-0.3, -0.25) is 9.78 Å². The minimum atomic E-state index is -0.941. The van der Waals surface area contributed by atoms with E-state index in [0.717, 1.165) is 35.4 Å². The molecule has 3 N–H and O–H groups in total. The Labute approximate surface area is 213 Å². The maximum atomic E-state index is 15.6. The molecule has 3 heterocycles. The first-order chi connectivity index (χ1) is 17.8. The standard InChI is InChI=1S/C27H28F2N6O2/c1-15-32-24-20(34(15)2)8-7-19(26(24)35-13-10-16(30)11-14-35)33-27(36)17-9-12-31-25(23(17)29)22-18(28)5-4-6-21(22)37-3/h4-9,12,16H,10-11,13-14,30H2,1-3H3,(H,33,36). The first-order valence-corrected chi connectivity index (χ1v) is 12.1. The predicted octanol–water partition coefficient (Wildman–Crippen LogP) is 4.41. The van der Waals surface area contributed by atoms with Gasteiger partial charge in [-0.25, -0.2) is 13.8 Å². The molecule has 1 amide bonds. The van der Waals surface area contributed by atoms with Crippen molar-refractivity contribution in [2.75, 3.05) is 30.4 Å². The van der Waals surface area contributed by atoms with Crippen LogP contribution in [0.5, 0.6) is 5.75 Å². The Morgan fingerprint density at radius 1 is 1.16 bits per heavy atom. The smallest absolute Gasteiger partial charge is 0.258 e. The van der Waals surface area contributed by atoms with Gasteiger partial charge in [-0.15, -0.1) is 0 Å². The number of amides is 1. The number of piperidine rings is 1. The van der Waals surface area contributed by atoms with Crippen molar-refractivity contribution in [1.82, 2.24) is 14.5 Å². The van der Waals surface area contributed by atoms with Crippen LogP contribution in [0.3, 0.4) is 0 Å². The van der Waals surface area contributed by atoms with E-state index in [1.807, 2.05) is 24.6 Å². The summed E-state index contributed by atoms with van der Waals surface area (Å²) in [6.45, 7) is 3.33. The number of rotatable bonds is 5. The topological polar surface area (TPSA) is 98.3 Å². The summed E-state index contributed by atoms with van der Waals surface area (Å²) in [7, 11) is 3.29. The summed E-state index contributed by atoms with van der Waals surface area (Å²) in [4.78, 5) is 24.3. The molecule has 37 heavy (non-hydrogen) atoms. The maximum absolute atomic E-state index is 15.6. The first kappa shape index (κ1) is 24.6. The third-order valence-electron chi connectivity index (χ3n) is 6.92. The van der Waals surface area contributed by atoms with E-state index in [9.17, 15) is 9.18 Å². The van der Waals surface area contributed by atoms with Gasteiger partial charge in [-0.05, 0) is 50.1 Å². The molecule has 8 nitrogen and oxygen atoms in total. The van der Waals surface area contributed by atoms with Gasteiger partial charge in [0.2, 0.25) is 0 Å². The van der Waals surface area contributed by atoms with Crippen LogP contribution in [0.15, 0.2) is 42.6 Å². The number of aromatic nitrogens is 3. The molecule has 0 aliphatic carbocycles. The van der Waals surface area contributed by atoms with Crippen molar-refractivity contribution in [2.24, 2.45) is 12.8 Å². The van der Waals surface area contributed by atoms with E-state index in [0.29, 0.717) is 18.8 Å². The van der Waals surface area contributed by atoms with Crippen molar-refractivity contribution < 1.29 is 18.3 Å². The number of aryl methyl sites for hydroxylation is 2. The lowest BCUT2D eigenvalue weighted by molar-refractivity contribution is 0.102. The number of imidazole rings is 1. The van der Waals surface area contributed by atoms with E-state index < -0.39 is 17.5 Å². The van der Waals surface area contributed by atoms with Gasteiger partial charge < -0.3 is 25.3 Å². The number of nitrogens with one attached hydrogen (secondary N) is 1. The van der Waals surface area contributed by atoms with E-state index in [2.05, 4.69) is 15.2 Å². The monoisotopic (exact) mass is 506 g/mol. The Hall–Kier alpha value is -4.05. The average Bonchev–Trinajstić information content (AvgIpc) is 3.18. The molecule has 1 saturated heterocycles.